The van der Waals surface area contributed by atoms with Crippen molar-refractivity contribution < 1.29 is 19.1 Å². The summed E-state index contributed by atoms with van der Waals surface area (Å²) in [5, 5.41) is 3.20. The molecule has 0 aromatic heterocycles. The summed E-state index contributed by atoms with van der Waals surface area (Å²) in [4.78, 5) is 28.4. The molecular weight excluding hydrogens is 416 g/mol. The first-order chi connectivity index (χ1) is 16.0. The van der Waals surface area contributed by atoms with Gasteiger partial charge >= 0.3 is 0 Å². The molecule has 1 N–H and O–H groups in total. The zero-order chi connectivity index (χ0) is 23.2. The minimum Gasteiger partial charge on any atom is -0.454 e. The molecule has 0 radical (unpaired) electrons. The second-order valence-electron chi connectivity index (χ2n) is 9.11. The van der Waals surface area contributed by atoms with Gasteiger partial charge in [-0.05, 0) is 55.9 Å². The van der Waals surface area contributed by atoms with E-state index in [-0.39, 0.29) is 24.6 Å². The van der Waals surface area contributed by atoms with Crippen molar-refractivity contribution in [1.29, 1.82) is 0 Å². The fraction of sp³-hybridized carbons (Fsp3) is 0.481. The van der Waals surface area contributed by atoms with Crippen LogP contribution in [0, 0.1) is 6.92 Å². The number of hydrogen-bond donors (Lipinski definition) is 1. The van der Waals surface area contributed by atoms with E-state index in [9.17, 15) is 9.59 Å². The van der Waals surface area contributed by atoms with Gasteiger partial charge in [0.1, 0.15) is 6.04 Å². The van der Waals surface area contributed by atoms with Crippen LogP contribution in [0.1, 0.15) is 62.1 Å². The number of nitrogens with zero attached hydrogens (tertiary/aromatic N) is 1. The number of amides is 2. The number of aryl methyl sites for hydroxylation is 2. The van der Waals surface area contributed by atoms with Crippen LogP contribution >= 0.6 is 0 Å². The van der Waals surface area contributed by atoms with Gasteiger partial charge in [-0.1, -0.05) is 55.7 Å². The lowest BCUT2D eigenvalue weighted by Crippen LogP contribution is -2.51. The van der Waals surface area contributed by atoms with Gasteiger partial charge in [0, 0.05) is 19.0 Å². The van der Waals surface area contributed by atoms with Crippen molar-refractivity contribution in [3.8, 4) is 11.5 Å². The maximum atomic E-state index is 13.5. The van der Waals surface area contributed by atoms with Crippen molar-refractivity contribution >= 4 is 11.8 Å². The second kappa shape index (κ2) is 10.7. The van der Waals surface area contributed by atoms with Gasteiger partial charge in [0.15, 0.2) is 11.5 Å². The molecule has 1 saturated carbocycles. The molecule has 0 spiro atoms. The minimum atomic E-state index is -0.476. The molecule has 1 atom stereocenters. The summed E-state index contributed by atoms with van der Waals surface area (Å²) in [6.07, 6.45) is 5.86. The highest BCUT2D eigenvalue weighted by atomic mass is 16.7. The van der Waals surface area contributed by atoms with E-state index in [4.69, 9.17) is 9.47 Å². The minimum absolute atomic E-state index is 0.0123. The zero-order valence-electron chi connectivity index (χ0n) is 19.6. The van der Waals surface area contributed by atoms with Gasteiger partial charge in [0.05, 0.1) is 0 Å². The average Bonchev–Trinajstić information content (AvgIpc) is 3.50. The third kappa shape index (κ3) is 5.86. The Morgan fingerprint density at radius 2 is 1.73 bits per heavy atom. The normalized spacial score (nSPS) is 15.9. The number of ether oxygens (including phenoxy) is 2. The highest BCUT2D eigenvalue weighted by molar-refractivity contribution is 5.88. The number of carbonyl (C=O) groups is 2. The Labute approximate surface area is 196 Å². The number of carbonyl (C=O) groups excluding carboxylic acids is 2. The van der Waals surface area contributed by atoms with Crippen molar-refractivity contribution in [3.63, 3.8) is 0 Å². The highest BCUT2D eigenvalue weighted by Gasteiger charge is 2.30. The molecule has 1 aliphatic heterocycles. The lowest BCUT2D eigenvalue weighted by atomic mass is 10.0. The molecule has 4 rings (SSSR count). The Morgan fingerprint density at radius 1 is 1.03 bits per heavy atom. The quantitative estimate of drug-likeness (QED) is 0.610. The summed E-state index contributed by atoms with van der Waals surface area (Å²) < 4.78 is 10.8. The lowest BCUT2D eigenvalue weighted by molar-refractivity contribution is -0.141. The van der Waals surface area contributed by atoms with E-state index in [1.165, 1.54) is 5.56 Å². The smallest absolute Gasteiger partial charge is 0.243 e. The summed E-state index contributed by atoms with van der Waals surface area (Å²) >= 11 is 0. The van der Waals surface area contributed by atoms with Crippen LogP contribution in [-0.2, 0) is 22.6 Å². The van der Waals surface area contributed by atoms with Crippen LogP contribution in [0.4, 0.5) is 0 Å². The van der Waals surface area contributed by atoms with Crippen molar-refractivity contribution in [2.75, 3.05) is 6.79 Å². The molecule has 2 aromatic rings. The van der Waals surface area contributed by atoms with Crippen LogP contribution in [0.25, 0.3) is 0 Å². The van der Waals surface area contributed by atoms with E-state index in [1.807, 2.05) is 56.3 Å². The molecule has 0 bridgehead atoms. The molecule has 0 unspecified atom stereocenters. The molecule has 6 heteroatoms. The Bertz CT molecular complexity index is 967. The Kier molecular flexibility index (Phi) is 7.53. The second-order valence-corrected chi connectivity index (χ2v) is 9.11. The maximum Gasteiger partial charge on any atom is 0.243 e. The summed E-state index contributed by atoms with van der Waals surface area (Å²) in [6, 6.07) is 13.7. The van der Waals surface area contributed by atoms with E-state index in [0.29, 0.717) is 25.8 Å². The number of hydrogen-bond acceptors (Lipinski definition) is 4. The molecular formula is C27H34N2O4. The topological polar surface area (TPSA) is 67.9 Å². The van der Waals surface area contributed by atoms with E-state index >= 15 is 0 Å². The van der Waals surface area contributed by atoms with E-state index < -0.39 is 6.04 Å². The van der Waals surface area contributed by atoms with Crippen LogP contribution < -0.4 is 14.8 Å². The summed E-state index contributed by atoms with van der Waals surface area (Å²) in [6.45, 7) is 4.68. The average molecular weight is 451 g/mol. The molecule has 33 heavy (non-hydrogen) atoms. The van der Waals surface area contributed by atoms with E-state index in [2.05, 4.69) is 5.32 Å². The van der Waals surface area contributed by atoms with Crippen LogP contribution in [0.3, 0.4) is 0 Å². The fourth-order valence-electron chi connectivity index (χ4n) is 4.67. The van der Waals surface area contributed by atoms with Gasteiger partial charge in [-0.15, -0.1) is 0 Å². The van der Waals surface area contributed by atoms with Gasteiger partial charge < -0.3 is 19.7 Å². The van der Waals surface area contributed by atoms with Gasteiger partial charge in [-0.25, -0.2) is 0 Å². The maximum absolute atomic E-state index is 13.5. The largest absolute Gasteiger partial charge is 0.454 e. The molecule has 2 aliphatic rings. The lowest BCUT2D eigenvalue weighted by Gasteiger charge is -2.31. The molecule has 0 saturated heterocycles. The molecule has 2 aromatic carbocycles. The molecule has 176 valence electrons. The Balaban J connectivity index is 1.48. The monoisotopic (exact) mass is 450 g/mol. The molecule has 1 heterocycles. The van der Waals surface area contributed by atoms with Gasteiger partial charge in [-0.2, -0.15) is 0 Å². The van der Waals surface area contributed by atoms with Crippen LogP contribution in [0.2, 0.25) is 0 Å². The van der Waals surface area contributed by atoms with E-state index in [0.717, 1.165) is 48.3 Å². The summed E-state index contributed by atoms with van der Waals surface area (Å²) in [5.41, 5.74) is 3.22. The standard InChI is InChI=1S/C27H34N2O4/c1-3-23(27(31)28-22-6-4-5-7-22)29(17-21-10-8-19(2)9-11-21)26(30)15-13-20-12-14-24-25(16-20)33-18-32-24/h8-12,14,16,22-23H,3-7,13,15,17-18H2,1-2H3,(H,28,31)/t23-/m0/s1. The summed E-state index contributed by atoms with van der Waals surface area (Å²) in [7, 11) is 0. The number of rotatable bonds is 9. The Hall–Kier alpha value is -3.02. The van der Waals surface area contributed by atoms with Crippen molar-refractivity contribution in [2.45, 2.75) is 77.4 Å². The molecule has 1 aliphatic carbocycles. The first-order valence-electron chi connectivity index (χ1n) is 12.1. The fourth-order valence-corrected chi connectivity index (χ4v) is 4.67. The van der Waals surface area contributed by atoms with Gasteiger partial charge in [0.2, 0.25) is 18.6 Å². The van der Waals surface area contributed by atoms with Gasteiger partial charge in [0.25, 0.3) is 0 Å². The van der Waals surface area contributed by atoms with Crippen LogP contribution in [0.5, 0.6) is 11.5 Å². The predicted molar refractivity (Wildman–Crippen MR) is 127 cm³/mol. The van der Waals surface area contributed by atoms with E-state index in [1.54, 1.807) is 4.90 Å². The van der Waals surface area contributed by atoms with Crippen molar-refractivity contribution in [3.05, 3.63) is 59.2 Å². The molecule has 2 amide bonds. The third-order valence-corrected chi connectivity index (χ3v) is 6.63. The van der Waals surface area contributed by atoms with Gasteiger partial charge in [-0.3, -0.25) is 9.59 Å². The predicted octanol–water partition coefficient (Wildman–Crippen LogP) is 4.52. The first-order valence-corrected chi connectivity index (χ1v) is 12.1. The number of fused-ring (bicyclic) bond motifs is 1. The first kappa shape index (κ1) is 23.1. The van der Waals surface area contributed by atoms with Crippen molar-refractivity contribution in [1.82, 2.24) is 10.2 Å². The number of nitrogens with one attached hydrogen (secondary N) is 1. The molecule has 6 nitrogen and oxygen atoms in total. The Morgan fingerprint density at radius 3 is 2.45 bits per heavy atom. The molecule has 1 fully saturated rings. The van der Waals surface area contributed by atoms with Crippen molar-refractivity contribution in [2.24, 2.45) is 0 Å². The highest BCUT2D eigenvalue weighted by Crippen LogP contribution is 2.33. The number of benzene rings is 2. The van der Waals surface area contributed by atoms with Crippen LogP contribution in [-0.4, -0.2) is 35.6 Å². The third-order valence-electron chi connectivity index (χ3n) is 6.63. The zero-order valence-corrected chi connectivity index (χ0v) is 19.6. The summed E-state index contributed by atoms with van der Waals surface area (Å²) in [5.74, 6) is 1.41. The SMILES string of the molecule is CC[C@@H](C(=O)NC1CCCC1)N(Cc1ccc(C)cc1)C(=O)CCc1ccc2c(c1)OCO2. The van der Waals surface area contributed by atoms with Crippen LogP contribution in [0.15, 0.2) is 42.5 Å².